The van der Waals surface area contributed by atoms with Crippen LogP contribution in [0, 0.1) is 27.3 Å². The molecule has 0 spiro atoms. The Labute approximate surface area is 138 Å². The summed E-state index contributed by atoms with van der Waals surface area (Å²) in [6, 6.07) is 11.4. The van der Waals surface area contributed by atoms with Gasteiger partial charge in [0.15, 0.2) is 0 Å². The van der Waals surface area contributed by atoms with Crippen LogP contribution in [0.15, 0.2) is 57.0 Å². The molecule has 24 heavy (non-hydrogen) atoms. The van der Waals surface area contributed by atoms with Gasteiger partial charge in [-0.2, -0.15) is 5.26 Å². The van der Waals surface area contributed by atoms with E-state index >= 15 is 0 Å². The molecule has 1 aromatic heterocycles. The number of non-ortho nitro benzene ring substituents is 1. The number of aromatic nitrogens is 2. The quantitative estimate of drug-likeness (QED) is 0.524. The van der Waals surface area contributed by atoms with E-state index in [4.69, 9.17) is 9.68 Å². The molecule has 118 valence electrons. The number of halogens is 1. The van der Waals surface area contributed by atoms with E-state index in [1.54, 1.807) is 0 Å². The Morgan fingerprint density at radius 3 is 2.62 bits per heavy atom. The van der Waals surface area contributed by atoms with Crippen LogP contribution in [0.3, 0.4) is 0 Å². The predicted molar refractivity (Wildman–Crippen MR) is 81.6 cm³/mol. The van der Waals surface area contributed by atoms with E-state index in [2.05, 4.69) is 10.2 Å². The van der Waals surface area contributed by atoms with Gasteiger partial charge in [0, 0.05) is 22.6 Å². The zero-order chi connectivity index (χ0) is 17.1. The van der Waals surface area contributed by atoms with Crippen molar-refractivity contribution in [1.82, 2.24) is 10.2 Å². The molecule has 3 rings (SSSR count). The van der Waals surface area contributed by atoms with Crippen LogP contribution in [0.4, 0.5) is 10.1 Å². The molecule has 0 aliphatic carbocycles. The Hall–Kier alpha value is -3.25. The second-order valence-electron chi connectivity index (χ2n) is 4.53. The first-order chi connectivity index (χ1) is 11.6. The maximum absolute atomic E-state index is 12.9. The molecule has 0 unspecified atom stereocenters. The van der Waals surface area contributed by atoms with Crippen LogP contribution in [0.25, 0.3) is 11.5 Å². The van der Waals surface area contributed by atoms with E-state index in [-0.39, 0.29) is 28.2 Å². The number of nitro groups is 1. The average molecular weight is 342 g/mol. The highest BCUT2D eigenvalue weighted by atomic mass is 32.2. The largest absolute Gasteiger partial charge is 0.411 e. The molecule has 0 aliphatic heterocycles. The lowest BCUT2D eigenvalue weighted by Crippen LogP contribution is -1.90. The van der Waals surface area contributed by atoms with Crippen molar-refractivity contribution in [2.75, 3.05) is 0 Å². The molecule has 0 atom stereocenters. The molecule has 9 heteroatoms. The molecule has 7 nitrogen and oxygen atoms in total. The van der Waals surface area contributed by atoms with Crippen LogP contribution in [-0.2, 0) is 0 Å². The number of nitriles is 1. The summed E-state index contributed by atoms with van der Waals surface area (Å²) in [4.78, 5) is 10.6. The summed E-state index contributed by atoms with van der Waals surface area (Å²) in [6.45, 7) is 0. The summed E-state index contributed by atoms with van der Waals surface area (Å²) < 4.78 is 18.4. The van der Waals surface area contributed by atoms with Gasteiger partial charge in [0.05, 0.1) is 10.5 Å². The van der Waals surface area contributed by atoms with E-state index in [9.17, 15) is 14.5 Å². The van der Waals surface area contributed by atoms with Crippen molar-refractivity contribution in [3.05, 3.63) is 64.0 Å². The molecular weight excluding hydrogens is 335 g/mol. The summed E-state index contributed by atoms with van der Waals surface area (Å²) in [7, 11) is 0. The zero-order valence-electron chi connectivity index (χ0n) is 11.8. The van der Waals surface area contributed by atoms with Gasteiger partial charge in [0.1, 0.15) is 11.9 Å². The van der Waals surface area contributed by atoms with Crippen molar-refractivity contribution in [3.63, 3.8) is 0 Å². The first-order valence-electron chi connectivity index (χ1n) is 6.52. The van der Waals surface area contributed by atoms with Crippen LogP contribution in [0.5, 0.6) is 0 Å². The van der Waals surface area contributed by atoms with Crippen molar-refractivity contribution in [2.24, 2.45) is 0 Å². The number of nitrogens with zero attached hydrogens (tertiary/aromatic N) is 4. The molecule has 3 aromatic rings. The molecule has 0 N–H and O–H groups in total. The number of hydrogen-bond acceptors (Lipinski definition) is 7. The van der Waals surface area contributed by atoms with Gasteiger partial charge in [0.2, 0.25) is 5.89 Å². The minimum atomic E-state index is -0.575. The van der Waals surface area contributed by atoms with E-state index in [0.29, 0.717) is 10.5 Å². The van der Waals surface area contributed by atoms with Crippen LogP contribution in [0.1, 0.15) is 5.56 Å². The van der Waals surface area contributed by atoms with E-state index in [1.165, 1.54) is 42.5 Å². The van der Waals surface area contributed by atoms with Crippen LogP contribution >= 0.6 is 11.8 Å². The molecule has 0 fully saturated rings. The van der Waals surface area contributed by atoms with Crippen molar-refractivity contribution in [3.8, 4) is 17.5 Å². The monoisotopic (exact) mass is 342 g/mol. The molecule has 0 bridgehead atoms. The summed E-state index contributed by atoms with van der Waals surface area (Å²) in [5.74, 6) is -0.171. The lowest BCUT2D eigenvalue weighted by Gasteiger charge is -2.00. The van der Waals surface area contributed by atoms with Crippen molar-refractivity contribution >= 4 is 17.4 Å². The minimum Gasteiger partial charge on any atom is -0.411 e. The third-order valence-corrected chi connectivity index (χ3v) is 3.90. The van der Waals surface area contributed by atoms with Gasteiger partial charge in [-0.15, -0.1) is 10.2 Å². The van der Waals surface area contributed by atoms with Gasteiger partial charge >= 0.3 is 0 Å². The smallest absolute Gasteiger partial charge is 0.281 e. The normalized spacial score (nSPS) is 10.3. The standard InChI is InChI=1S/C15H7FN4O3S/c16-11-3-1-9(2-4-11)14-18-19-15(23-14)24-13-6-5-12(20(21)22)7-10(13)8-17/h1-7H. The molecule has 0 aliphatic rings. The highest BCUT2D eigenvalue weighted by molar-refractivity contribution is 7.99. The summed E-state index contributed by atoms with van der Waals surface area (Å²) >= 11 is 1.02. The topological polar surface area (TPSA) is 106 Å². The van der Waals surface area contributed by atoms with E-state index < -0.39 is 4.92 Å². The molecular formula is C15H7FN4O3S. The molecule has 2 aromatic carbocycles. The van der Waals surface area contributed by atoms with Crippen molar-refractivity contribution < 1.29 is 13.7 Å². The Bertz CT molecular complexity index is 950. The highest BCUT2D eigenvalue weighted by Gasteiger charge is 2.15. The SMILES string of the molecule is N#Cc1cc([N+](=O)[O-])ccc1Sc1nnc(-c2ccc(F)cc2)o1. The fourth-order valence-corrected chi connectivity index (χ4v) is 2.60. The first-order valence-corrected chi connectivity index (χ1v) is 7.34. The zero-order valence-corrected chi connectivity index (χ0v) is 12.7. The third kappa shape index (κ3) is 3.23. The molecule has 1 heterocycles. The molecule has 0 saturated carbocycles. The maximum Gasteiger partial charge on any atom is 0.281 e. The second-order valence-corrected chi connectivity index (χ2v) is 5.52. The minimum absolute atomic E-state index is 0.135. The van der Waals surface area contributed by atoms with Gasteiger partial charge in [-0.25, -0.2) is 4.39 Å². The van der Waals surface area contributed by atoms with Crippen molar-refractivity contribution in [1.29, 1.82) is 5.26 Å². The summed E-state index contributed by atoms with van der Waals surface area (Å²) in [6.07, 6.45) is 0. The number of nitro benzene ring substituents is 1. The Balaban J connectivity index is 1.86. The maximum atomic E-state index is 12.9. The van der Waals surface area contributed by atoms with E-state index in [0.717, 1.165) is 11.8 Å². The molecule has 0 saturated heterocycles. The summed E-state index contributed by atoms with van der Waals surface area (Å²) in [5.41, 5.74) is 0.518. The van der Waals surface area contributed by atoms with E-state index in [1.807, 2.05) is 6.07 Å². The van der Waals surface area contributed by atoms with Gasteiger partial charge in [-0.1, -0.05) is 0 Å². The highest BCUT2D eigenvalue weighted by Crippen LogP contribution is 2.32. The van der Waals surface area contributed by atoms with Crippen molar-refractivity contribution in [2.45, 2.75) is 10.1 Å². The number of benzene rings is 2. The van der Waals surface area contributed by atoms with Crippen LogP contribution < -0.4 is 0 Å². The molecule has 0 amide bonds. The molecule has 0 radical (unpaired) electrons. The number of hydrogen-bond donors (Lipinski definition) is 0. The van der Waals surface area contributed by atoms with Crippen LogP contribution in [0.2, 0.25) is 0 Å². The third-order valence-electron chi connectivity index (χ3n) is 2.99. The van der Waals surface area contributed by atoms with Crippen LogP contribution in [-0.4, -0.2) is 15.1 Å². The average Bonchev–Trinajstić information content (AvgIpc) is 3.04. The fourth-order valence-electron chi connectivity index (χ4n) is 1.86. The predicted octanol–water partition coefficient (Wildman–Crippen LogP) is 3.81. The summed E-state index contributed by atoms with van der Waals surface area (Å²) in [5, 5.41) is 27.7. The lowest BCUT2D eigenvalue weighted by molar-refractivity contribution is -0.384. The lowest BCUT2D eigenvalue weighted by atomic mass is 10.2. The Morgan fingerprint density at radius 1 is 1.21 bits per heavy atom. The van der Waals surface area contributed by atoms with Gasteiger partial charge in [0.25, 0.3) is 10.9 Å². The second kappa shape index (κ2) is 6.47. The number of rotatable bonds is 4. The fraction of sp³-hybridized carbons (Fsp3) is 0. The Kier molecular flexibility index (Phi) is 4.22. The Morgan fingerprint density at radius 2 is 1.96 bits per heavy atom. The first kappa shape index (κ1) is 15.6. The van der Waals surface area contributed by atoms with Gasteiger partial charge in [-0.05, 0) is 42.1 Å². The van der Waals surface area contributed by atoms with Gasteiger partial charge < -0.3 is 4.42 Å². The van der Waals surface area contributed by atoms with Gasteiger partial charge in [-0.3, -0.25) is 10.1 Å².